The van der Waals surface area contributed by atoms with Gasteiger partial charge in [0.05, 0.1) is 0 Å². The van der Waals surface area contributed by atoms with Crippen LogP contribution >= 0.6 is 89.3 Å². The molecule has 3 rings (SSSR count). The minimum atomic E-state index is 0. The fourth-order valence-electron chi connectivity index (χ4n) is 2.57. The van der Waals surface area contributed by atoms with Crippen LogP contribution in [0.2, 0.25) is 0 Å². The van der Waals surface area contributed by atoms with E-state index in [0.717, 1.165) is 42.0 Å². The van der Waals surface area contributed by atoms with Crippen LogP contribution in [0.4, 0.5) is 0 Å². The third-order valence-electron chi connectivity index (χ3n) is 3.52. The summed E-state index contributed by atoms with van der Waals surface area (Å²) < 4.78 is 8.09. The van der Waals surface area contributed by atoms with Crippen LogP contribution in [0, 0.1) is 10.8 Å². The fourth-order valence-corrected chi connectivity index (χ4v) is 4.63. The third kappa shape index (κ3) is 5.89. The summed E-state index contributed by atoms with van der Waals surface area (Å²) in [6, 6.07) is 8.02. The number of furan rings is 1. The molecule has 0 atom stereocenters. The van der Waals surface area contributed by atoms with E-state index in [2.05, 4.69) is 31.9 Å². The molecule has 0 amide bonds. The van der Waals surface area contributed by atoms with Crippen molar-refractivity contribution < 1.29 is 4.42 Å². The Morgan fingerprint density at radius 1 is 0.815 bits per heavy atom. The summed E-state index contributed by atoms with van der Waals surface area (Å²) in [7, 11) is 0. The number of thioether (sulfide) groups is 2. The highest BCUT2D eigenvalue weighted by atomic mass is 79.9. The molecule has 6 N–H and O–H groups in total. The average molecular weight is 664 g/mol. The molecular formula is C16H16Br4N4OS2. The Bertz CT molecular complexity index is 931. The van der Waals surface area contributed by atoms with E-state index in [9.17, 15) is 0 Å². The predicted octanol–water partition coefficient (Wildman–Crippen LogP) is 6.52. The largest absolute Gasteiger partial charge is 0.455 e. The molecule has 2 aromatic carbocycles. The van der Waals surface area contributed by atoms with Crippen molar-refractivity contribution in [3.05, 3.63) is 44.3 Å². The van der Waals surface area contributed by atoms with Crippen molar-refractivity contribution in [3.63, 3.8) is 0 Å². The zero-order valence-electron chi connectivity index (χ0n) is 13.7. The maximum absolute atomic E-state index is 7.43. The van der Waals surface area contributed by atoms with E-state index in [1.807, 2.05) is 24.3 Å². The van der Waals surface area contributed by atoms with Gasteiger partial charge in [-0.25, -0.2) is 0 Å². The van der Waals surface area contributed by atoms with Crippen LogP contribution in [0.15, 0.2) is 37.6 Å². The standard InChI is InChI=1S/C16H14Br2N4OS2.2BrH/c17-9-1-7(5-24-15(19)20)13-11(3-9)12-4-10(18)2-8(14(12)23-13)6-25-16(21)22;;/h1-4H,5-6H2,(H3,19,20)(H3,21,22);2*1H. The number of nitrogens with one attached hydrogen (secondary N) is 2. The van der Waals surface area contributed by atoms with E-state index in [-0.39, 0.29) is 44.3 Å². The lowest BCUT2D eigenvalue weighted by molar-refractivity contribution is 0.662. The topological polar surface area (TPSA) is 113 Å². The van der Waals surface area contributed by atoms with Gasteiger partial charge in [-0.15, -0.1) is 34.0 Å². The van der Waals surface area contributed by atoms with Crippen LogP contribution in [-0.2, 0) is 11.5 Å². The first-order chi connectivity index (χ1) is 11.8. The Morgan fingerprint density at radius 3 is 1.52 bits per heavy atom. The summed E-state index contributed by atoms with van der Waals surface area (Å²) in [5, 5.41) is 17.0. The first-order valence-electron chi connectivity index (χ1n) is 7.12. The number of hydrogen-bond acceptors (Lipinski definition) is 5. The average Bonchev–Trinajstić information content (AvgIpc) is 2.88. The fraction of sp³-hybridized carbons (Fsp3) is 0.125. The zero-order valence-corrected chi connectivity index (χ0v) is 21.9. The van der Waals surface area contributed by atoms with E-state index in [4.69, 9.17) is 26.7 Å². The summed E-state index contributed by atoms with van der Waals surface area (Å²) in [6.45, 7) is 0. The van der Waals surface area contributed by atoms with Gasteiger partial charge in [0.15, 0.2) is 10.3 Å². The van der Waals surface area contributed by atoms with Crippen LogP contribution < -0.4 is 11.5 Å². The number of halogens is 4. The van der Waals surface area contributed by atoms with Crippen LogP contribution in [0.5, 0.6) is 0 Å². The van der Waals surface area contributed by atoms with Crippen molar-refractivity contribution in [1.82, 2.24) is 0 Å². The number of nitrogens with two attached hydrogens (primary N) is 2. The van der Waals surface area contributed by atoms with Gasteiger partial charge in [0.2, 0.25) is 0 Å². The van der Waals surface area contributed by atoms with Gasteiger partial charge < -0.3 is 15.9 Å². The van der Waals surface area contributed by atoms with Gasteiger partial charge in [-0.3, -0.25) is 10.8 Å². The number of rotatable bonds is 4. The maximum atomic E-state index is 7.43. The van der Waals surface area contributed by atoms with Crippen molar-refractivity contribution >= 4 is 122 Å². The summed E-state index contributed by atoms with van der Waals surface area (Å²) in [5.74, 6) is 1.12. The van der Waals surface area contributed by atoms with Crippen molar-refractivity contribution in [3.8, 4) is 0 Å². The lowest BCUT2D eigenvalue weighted by Crippen LogP contribution is -2.03. The Balaban J connectivity index is 0.00000182. The maximum Gasteiger partial charge on any atom is 0.151 e. The molecule has 1 aromatic heterocycles. The molecule has 0 aliphatic heterocycles. The quantitative estimate of drug-likeness (QED) is 0.188. The lowest BCUT2D eigenvalue weighted by Gasteiger charge is -2.02. The highest BCUT2D eigenvalue weighted by Crippen LogP contribution is 2.38. The van der Waals surface area contributed by atoms with Crippen LogP contribution in [0.1, 0.15) is 11.1 Å². The highest BCUT2D eigenvalue weighted by molar-refractivity contribution is 9.10. The molecule has 146 valence electrons. The first-order valence-corrected chi connectivity index (χ1v) is 10.7. The number of hydrogen-bond donors (Lipinski definition) is 4. The molecule has 0 fully saturated rings. The van der Waals surface area contributed by atoms with Crippen molar-refractivity contribution in [2.45, 2.75) is 11.5 Å². The molecule has 0 saturated heterocycles. The molecule has 0 bridgehead atoms. The predicted molar refractivity (Wildman–Crippen MR) is 136 cm³/mol. The first kappa shape index (κ1) is 24.8. The molecule has 11 heteroatoms. The Morgan fingerprint density at radius 2 is 1.19 bits per heavy atom. The SMILES string of the molecule is Br.Br.N=C(N)SCc1cc(Br)cc2c1oc1c(CSC(=N)N)cc(Br)cc12. The molecular weight excluding hydrogens is 648 g/mol. The summed E-state index contributed by atoms with van der Waals surface area (Å²) >= 11 is 9.63. The van der Waals surface area contributed by atoms with Crippen LogP contribution in [-0.4, -0.2) is 10.3 Å². The van der Waals surface area contributed by atoms with E-state index < -0.39 is 0 Å². The molecule has 0 aliphatic carbocycles. The smallest absolute Gasteiger partial charge is 0.151 e. The van der Waals surface area contributed by atoms with Gasteiger partial charge in [-0.05, 0) is 24.3 Å². The van der Waals surface area contributed by atoms with Gasteiger partial charge in [0.25, 0.3) is 0 Å². The number of fused-ring (bicyclic) bond motifs is 3. The van der Waals surface area contributed by atoms with Gasteiger partial charge in [-0.1, -0.05) is 55.4 Å². The minimum absolute atomic E-state index is 0. The number of benzene rings is 2. The van der Waals surface area contributed by atoms with Crippen LogP contribution in [0.25, 0.3) is 21.9 Å². The number of amidine groups is 2. The summed E-state index contributed by atoms with van der Waals surface area (Å²) in [5.41, 5.74) is 14.5. The van der Waals surface area contributed by atoms with Crippen molar-refractivity contribution in [1.29, 1.82) is 10.8 Å². The van der Waals surface area contributed by atoms with Gasteiger partial charge in [0.1, 0.15) is 11.2 Å². The monoisotopic (exact) mass is 660 g/mol. The highest BCUT2D eigenvalue weighted by Gasteiger charge is 2.16. The zero-order chi connectivity index (χ0) is 18.1. The Kier molecular flexibility index (Phi) is 9.70. The van der Waals surface area contributed by atoms with E-state index in [0.29, 0.717) is 11.5 Å². The summed E-state index contributed by atoms with van der Waals surface area (Å²) in [6.07, 6.45) is 0. The molecule has 0 spiro atoms. The molecule has 1 heterocycles. The van der Waals surface area contributed by atoms with Gasteiger partial charge >= 0.3 is 0 Å². The molecule has 0 aliphatic rings. The van der Waals surface area contributed by atoms with Gasteiger partial charge in [-0.2, -0.15) is 0 Å². The Labute approximate surface area is 202 Å². The minimum Gasteiger partial charge on any atom is -0.455 e. The van der Waals surface area contributed by atoms with Crippen molar-refractivity contribution in [2.24, 2.45) is 11.5 Å². The second kappa shape index (κ2) is 10.5. The van der Waals surface area contributed by atoms with Crippen LogP contribution in [0.3, 0.4) is 0 Å². The lowest BCUT2D eigenvalue weighted by atomic mass is 10.1. The Hall–Kier alpha value is -0.200. The van der Waals surface area contributed by atoms with Crippen molar-refractivity contribution in [2.75, 3.05) is 0 Å². The van der Waals surface area contributed by atoms with E-state index in [1.54, 1.807) is 0 Å². The molecule has 0 saturated carbocycles. The third-order valence-corrected chi connectivity index (χ3v) is 5.97. The molecule has 27 heavy (non-hydrogen) atoms. The molecule has 5 nitrogen and oxygen atoms in total. The van der Waals surface area contributed by atoms with E-state index >= 15 is 0 Å². The normalized spacial score (nSPS) is 10.4. The summed E-state index contributed by atoms with van der Waals surface area (Å²) in [4.78, 5) is 0. The molecule has 0 unspecified atom stereocenters. The second-order valence-electron chi connectivity index (χ2n) is 5.29. The van der Waals surface area contributed by atoms with Gasteiger partial charge in [0, 0.05) is 42.4 Å². The van der Waals surface area contributed by atoms with E-state index in [1.165, 1.54) is 23.5 Å². The second-order valence-corrected chi connectivity index (χ2v) is 9.16. The molecule has 0 radical (unpaired) electrons. The molecule has 3 aromatic rings.